The maximum atomic E-state index is 12.8. The fraction of sp³-hybridized carbons (Fsp3) is 0.350. The number of hydrogen-bond acceptors (Lipinski definition) is 5. The van der Waals surface area contributed by atoms with Crippen LogP contribution in [0.15, 0.2) is 48.8 Å². The van der Waals surface area contributed by atoms with Crippen molar-refractivity contribution in [2.75, 3.05) is 23.3 Å². The van der Waals surface area contributed by atoms with Crippen molar-refractivity contribution in [1.82, 2.24) is 14.8 Å². The first-order chi connectivity index (χ1) is 13.2. The largest absolute Gasteiger partial charge is 0.346 e. The van der Waals surface area contributed by atoms with Crippen molar-refractivity contribution in [1.29, 1.82) is 0 Å². The van der Waals surface area contributed by atoms with Gasteiger partial charge in [-0.15, -0.1) is 10.2 Å². The Labute approximate surface area is 162 Å². The Bertz CT molecular complexity index is 905. The molecule has 0 spiro atoms. The maximum absolute atomic E-state index is 12.8. The summed E-state index contributed by atoms with van der Waals surface area (Å²) in [7, 11) is 0. The molecule has 27 heavy (non-hydrogen) atoms. The minimum absolute atomic E-state index is 0.0393. The predicted octanol–water partition coefficient (Wildman–Crippen LogP) is 3.75. The molecular weight excluding hydrogens is 358 g/mol. The first kappa shape index (κ1) is 17.7. The third-order valence-electron chi connectivity index (χ3n) is 4.95. The van der Waals surface area contributed by atoms with Gasteiger partial charge in [0.05, 0.1) is 5.92 Å². The van der Waals surface area contributed by atoms with Crippen molar-refractivity contribution < 1.29 is 4.79 Å². The molecule has 1 aromatic carbocycles. The Hall–Kier alpha value is -2.67. The molecular formula is C20H23N5OS. The molecule has 140 valence electrons. The van der Waals surface area contributed by atoms with E-state index in [1.165, 1.54) is 5.56 Å². The van der Waals surface area contributed by atoms with Gasteiger partial charge in [-0.05, 0) is 43.0 Å². The fourth-order valence-electron chi connectivity index (χ4n) is 3.45. The van der Waals surface area contributed by atoms with Crippen LogP contribution >= 0.6 is 11.3 Å². The predicted molar refractivity (Wildman–Crippen MR) is 109 cm³/mol. The van der Waals surface area contributed by atoms with Gasteiger partial charge >= 0.3 is 0 Å². The number of aromatic nitrogens is 3. The second-order valence-electron chi connectivity index (χ2n) is 6.74. The number of nitrogens with one attached hydrogen (secondary N) is 1. The van der Waals surface area contributed by atoms with Crippen LogP contribution in [-0.2, 0) is 11.2 Å². The summed E-state index contributed by atoms with van der Waals surface area (Å²) in [6.45, 7) is 3.70. The van der Waals surface area contributed by atoms with Crippen LogP contribution in [0.3, 0.4) is 0 Å². The molecule has 0 bridgehead atoms. The Morgan fingerprint density at radius 3 is 2.78 bits per heavy atom. The molecule has 2 aromatic heterocycles. The Morgan fingerprint density at radius 2 is 1.96 bits per heavy atom. The SMILES string of the molecule is CCc1ccccc1NC(=O)C1CCCN(c2nnc(-n3cccc3)s2)C1. The molecule has 1 atom stereocenters. The Balaban J connectivity index is 1.44. The molecule has 1 saturated heterocycles. The normalized spacial score (nSPS) is 17.1. The lowest BCUT2D eigenvalue weighted by molar-refractivity contribution is -0.120. The molecule has 3 aromatic rings. The van der Waals surface area contributed by atoms with E-state index in [0.717, 1.165) is 41.8 Å². The van der Waals surface area contributed by atoms with E-state index in [4.69, 9.17) is 0 Å². The van der Waals surface area contributed by atoms with Crippen molar-refractivity contribution in [3.63, 3.8) is 0 Å². The second kappa shape index (κ2) is 7.92. The van der Waals surface area contributed by atoms with E-state index in [1.807, 2.05) is 47.3 Å². The van der Waals surface area contributed by atoms with Crippen molar-refractivity contribution in [3.8, 4) is 5.13 Å². The van der Waals surface area contributed by atoms with Crippen molar-refractivity contribution in [2.45, 2.75) is 26.2 Å². The van der Waals surface area contributed by atoms with Crippen molar-refractivity contribution >= 4 is 28.1 Å². The molecule has 1 unspecified atom stereocenters. The van der Waals surface area contributed by atoms with E-state index in [-0.39, 0.29) is 11.8 Å². The fourth-order valence-corrected chi connectivity index (χ4v) is 4.30. The van der Waals surface area contributed by atoms with Gasteiger partial charge < -0.3 is 10.2 Å². The highest BCUT2D eigenvalue weighted by atomic mass is 32.1. The molecule has 4 rings (SSSR count). The van der Waals surface area contributed by atoms with Crippen LogP contribution in [0.25, 0.3) is 5.13 Å². The van der Waals surface area contributed by atoms with Gasteiger partial charge in [-0.25, -0.2) is 0 Å². The zero-order valence-corrected chi connectivity index (χ0v) is 16.2. The number of piperidine rings is 1. The summed E-state index contributed by atoms with van der Waals surface area (Å²) in [5.41, 5.74) is 2.09. The number of rotatable bonds is 5. The number of hydrogen-bond donors (Lipinski definition) is 1. The molecule has 7 heteroatoms. The number of aryl methyl sites for hydroxylation is 1. The molecule has 6 nitrogen and oxygen atoms in total. The number of benzene rings is 1. The summed E-state index contributed by atoms with van der Waals surface area (Å²) in [6, 6.07) is 12.0. The number of carbonyl (C=O) groups excluding carboxylic acids is 1. The topological polar surface area (TPSA) is 63.1 Å². The smallest absolute Gasteiger partial charge is 0.229 e. The van der Waals surface area contributed by atoms with Crippen LogP contribution in [0.1, 0.15) is 25.3 Å². The average Bonchev–Trinajstić information content (AvgIpc) is 3.40. The highest BCUT2D eigenvalue weighted by Crippen LogP contribution is 2.28. The minimum atomic E-state index is -0.0393. The number of anilines is 2. The van der Waals surface area contributed by atoms with E-state index in [2.05, 4.69) is 33.4 Å². The van der Waals surface area contributed by atoms with E-state index >= 15 is 0 Å². The lowest BCUT2D eigenvalue weighted by Gasteiger charge is -2.31. The summed E-state index contributed by atoms with van der Waals surface area (Å²) in [5, 5.41) is 13.5. The zero-order valence-electron chi connectivity index (χ0n) is 15.3. The third kappa shape index (κ3) is 3.88. The molecule has 3 heterocycles. The molecule has 1 N–H and O–H groups in total. The molecule has 1 fully saturated rings. The first-order valence-electron chi connectivity index (χ1n) is 9.35. The molecule has 0 aliphatic carbocycles. The van der Waals surface area contributed by atoms with Gasteiger partial charge in [0.2, 0.25) is 16.2 Å². The highest BCUT2D eigenvalue weighted by Gasteiger charge is 2.28. The Kier molecular flexibility index (Phi) is 5.20. The second-order valence-corrected chi connectivity index (χ2v) is 7.68. The standard InChI is InChI=1S/C20H23N5OS/c1-2-15-8-3-4-10-17(15)21-18(26)16-9-7-13-25(14-16)20-23-22-19(27-20)24-11-5-6-12-24/h3-6,8,10-12,16H,2,7,9,13-14H2,1H3,(H,21,26). The van der Waals surface area contributed by atoms with Crippen LogP contribution in [0.4, 0.5) is 10.8 Å². The van der Waals surface area contributed by atoms with E-state index < -0.39 is 0 Å². The Morgan fingerprint density at radius 1 is 1.19 bits per heavy atom. The van der Waals surface area contributed by atoms with Gasteiger partial charge in [0.15, 0.2) is 0 Å². The number of para-hydroxylation sites is 1. The number of nitrogens with zero attached hydrogens (tertiary/aromatic N) is 4. The van der Waals surface area contributed by atoms with Gasteiger partial charge in [0.25, 0.3) is 0 Å². The van der Waals surface area contributed by atoms with Gasteiger partial charge in [-0.2, -0.15) is 0 Å². The van der Waals surface area contributed by atoms with Crippen LogP contribution < -0.4 is 10.2 Å². The van der Waals surface area contributed by atoms with E-state index in [0.29, 0.717) is 6.54 Å². The van der Waals surface area contributed by atoms with E-state index in [9.17, 15) is 4.79 Å². The summed E-state index contributed by atoms with van der Waals surface area (Å²) in [4.78, 5) is 15.0. The highest BCUT2D eigenvalue weighted by molar-refractivity contribution is 7.17. The zero-order chi connectivity index (χ0) is 18.6. The average molecular weight is 382 g/mol. The van der Waals surface area contributed by atoms with Crippen molar-refractivity contribution in [2.24, 2.45) is 5.92 Å². The lowest BCUT2D eigenvalue weighted by Crippen LogP contribution is -2.40. The molecule has 1 amide bonds. The quantitative estimate of drug-likeness (QED) is 0.731. The van der Waals surface area contributed by atoms with Crippen LogP contribution in [0.5, 0.6) is 0 Å². The summed E-state index contributed by atoms with van der Waals surface area (Å²) in [6.07, 6.45) is 6.70. The lowest BCUT2D eigenvalue weighted by atomic mass is 9.97. The van der Waals surface area contributed by atoms with Crippen LogP contribution in [0.2, 0.25) is 0 Å². The van der Waals surface area contributed by atoms with Crippen LogP contribution in [-0.4, -0.2) is 33.8 Å². The van der Waals surface area contributed by atoms with Gasteiger partial charge in [0.1, 0.15) is 0 Å². The summed E-state index contributed by atoms with van der Waals surface area (Å²) in [5.74, 6) is 0.0540. The molecule has 0 radical (unpaired) electrons. The third-order valence-corrected chi connectivity index (χ3v) is 5.95. The first-order valence-corrected chi connectivity index (χ1v) is 10.2. The maximum Gasteiger partial charge on any atom is 0.229 e. The summed E-state index contributed by atoms with van der Waals surface area (Å²) >= 11 is 1.56. The molecule has 1 aliphatic rings. The molecule has 1 aliphatic heterocycles. The van der Waals surface area contributed by atoms with E-state index in [1.54, 1.807) is 11.3 Å². The van der Waals surface area contributed by atoms with Gasteiger partial charge in [0, 0.05) is 31.2 Å². The van der Waals surface area contributed by atoms with Gasteiger partial charge in [-0.1, -0.05) is 36.5 Å². The number of carbonyl (C=O) groups is 1. The monoisotopic (exact) mass is 381 g/mol. The minimum Gasteiger partial charge on any atom is -0.346 e. The van der Waals surface area contributed by atoms with Gasteiger partial charge in [-0.3, -0.25) is 9.36 Å². The van der Waals surface area contributed by atoms with Crippen LogP contribution in [0, 0.1) is 5.92 Å². The number of amides is 1. The van der Waals surface area contributed by atoms with Crippen molar-refractivity contribution in [3.05, 3.63) is 54.4 Å². The molecule has 0 saturated carbocycles. The summed E-state index contributed by atoms with van der Waals surface area (Å²) < 4.78 is 1.96.